The summed E-state index contributed by atoms with van der Waals surface area (Å²) >= 11 is 0. The van der Waals surface area contributed by atoms with Crippen LogP contribution in [0.25, 0.3) is 0 Å². The van der Waals surface area contributed by atoms with Crippen molar-refractivity contribution in [3.63, 3.8) is 0 Å². The summed E-state index contributed by atoms with van der Waals surface area (Å²) in [5.74, 6) is 0.807. The van der Waals surface area contributed by atoms with E-state index in [1.54, 1.807) is 0 Å². The topological polar surface area (TPSA) is 30.9 Å². The van der Waals surface area contributed by atoms with Gasteiger partial charge in [-0.05, 0) is 49.1 Å². The lowest BCUT2D eigenvalue weighted by molar-refractivity contribution is 0.270. The molecule has 0 amide bonds. The molecule has 0 bridgehead atoms. The van der Waals surface area contributed by atoms with Gasteiger partial charge in [-0.15, -0.1) is 0 Å². The fourth-order valence-electron chi connectivity index (χ4n) is 3.93. The van der Waals surface area contributed by atoms with Gasteiger partial charge in [0.05, 0.1) is 0 Å². The van der Waals surface area contributed by atoms with Crippen LogP contribution in [0.4, 0.5) is 0 Å². The maximum absolute atomic E-state index is 6.43. The first-order chi connectivity index (χ1) is 9.88. The first-order valence-electron chi connectivity index (χ1n) is 8.82. The Kier molecular flexibility index (Phi) is 5.19. The molecule has 2 rings (SSSR count). The van der Waals surface area contributed by atoms with Gasteiger partial charge >= 0.3 is 0 Å². The van der Waals surface area contributed by atoms with Gasteiger partial charge in [0.1, 0.15) is 0 Å². The quantitative estimate of drug-likeness (QED) is 0.786. The van der Waals surface area contributed by atoms with E-state index in [1.165, 1.54) is 55.6 Å². The van der Waals surface area contributed by atoms with E-state index in [-0.39, 0.29) is 6.04 Å². The number of hydrogen-bond acceptors (Lipinski definition) is 1. The molecule has 2 heteroatoms. The van der Waals surface area contributed by atoms with E-state index in [0.29, 0.717) is 5.41 Å². The lowest BCUT2D eigenvalue weighted by Crippen LogP contribution is -2.31. The molecule has 0 saturated heterocycles. The van der Waals surface area contributed by atoms with Crippen molar-refractivity contribution in [3.05, 3.63) is 23.0 Å². The Balaban J connectivity index is 2.24. The molecule has 1 heterocycles. The van der Waals surface area contributed by atoms with Gasteiger partial charge in [0.2, 0.25) is 0 Å². The van der Waals surface area contributed by atoms with E-state index in [9.17, 15) is 0 Å². The minimum Gasteiger partial charge on any atom is -0.348 e. The molecule has 21 heavy (non-hydrogen) atoms. The summed E-state index contributed by atoms with van der Waals surface area (Å²) in [6, 6.07) is 2.57. The Morgan fingerprint density at radius 3 is 2.71 bits per heavy atom. The summed E-state index contributed by atoms with van der Waals surface area (Å²) in [5.41, 5.74) is 11.1. The number of aromatic nitrogens is 1. The monoisotopic (exact) mass is 290 g/mol. The molecule has 1 aromatic rings. The maximum atomic E-state index is 6.43. The normalized spacial score (nSPS) is 22.1. The largest absolute Gasteiger partial charge is 0.348 e. The Morgan fingerprint density at radius 1 is 1.38 bits per heavy atom. The summed E-state index contributed by atoms with van der Waals surface area (Å²) in [4.78, 5) is 0. The maximum Gasteiger partial charge on any atom is 0.0318 e. The number of nitrogens with zero attached hydrogens (tertiary/aromatic N) is 1. The standard InChI is InChI=1S/C19H34N2/c1-6-8-9-15(7-2)13-21-14(3)10-16-17(20)11-19(4,5)12-18(16)21/h10,15,17H,6-9,11-13,20H2,1-5H3. The molecule has 0 spiro atoms. The number of nitrogens with two attached hydrogens (primary N) is 1. The molecular formula is C19H34N2. The van der Waals surface area contributed by atoms with E-state index in [2.05, 4.69) is 45.3 Å². The minimum absolute atomic E-state index is 0.222. The second kappa shape index (κ2) is 6.56. The van der Waals surface area contributed by atoms with E-state index in [1.807, 2.05) is 0 Å². The molecule has 0 aromatic carbocycles. The van der Waals surface area contributed by atoms with Crippen LogP contribution in [0.2, 0.25) is 0 Å². The zero-order chi connectivity index (χ0) is 15.6. The second-order valence-electron chi connectivity index (χ2n) is 7.87. The SMILES string of the molecule is CCCCC(CC)Cn1c(C)cc2c1CC(C)(C)CC2N. The van der Waals surface area contributed by atoms with Gasteiger partial charge in [0.15, 0.2) is 0 Å². The number of hydrogen-bond donors (Lipinski definition) is 1. The Bertz CT molecular complexity index is 470. The highest BCUT2D eigenvalue weighted by molar-refractivity contribution is 5.34. The average Bonchev–Trinajstić information content (AvgIpc) is 2.70. The fraction of sp³-hybridized carbons (Fsp3) is 0.789. The van der Waals surface area contributed by atoms with Gasteiger partial charge in [-0.3, -0.25) is 0 Å². The Hall–Kier alpha value is -0.760. The van der Waals surface area contributed by atoms with Gasteiger partial charge < -0.3 is 10.3 Å². The van der Waals surface area contributed by atoms with Gasteiger partial charge in [-0.2, -0.15) is 0 Å². The summed E-state index contributed by atoms with van der Waals surface area (Å²) in [6.45, 7) is 12.8. The average molecular weight is 290 g/mol. The number of unbranched alkanes of at least 4 members (excludes halogenated alkanes) is 1. The molecule has 1 aromatic heterocycles. The van der Waals surface area contributed by atoms with Crippen molar-refractivity contribution < 1.29 is 0 Å². The molecule has 2 nitrogen and oxygen atoms in total. The third-order valence-corrected chi connectivity index (χ3v) is 5.25. The van der Waals surface area contributed by atoms with Crippen LogP contribution in [0.15, 0.2) is 6.07 Å². The van der Waals surface area contributed by atoms with E-state index in [0.717, 1.165) is 12.3 Å². The van der Waals surface area contributed by atoms with Crippen molar-refractivity contribution in [1.82, 2.24) is 4.57 Å². The highest BCUT2D eigenvalue weighted by Gasteiger charge is 2.33. The Labute approximate surface area is 131 Å². The highest BCUT2D eigenvalue weighted by Crippen LogP contribution is 2.41. The first kappa shape index (κ1) is 16.6. The smallest absolute Gasteiger partial charge is 0.0318 e. The number of rotatable bonds is 6. The van der Waals surface area contributed by atoms with Gasteiger partial charge in [-0.25, -0.2) is 0 Å². The fourth-order valence-corrected chi connectivity index (χ4v) is 3.93. The molecule has 0 saturated carbocycles. The number of aryl methyl sites for hydroxylation is 1. The van der Waals surface area contributed by atoms with Gasteiger partial charge in [0.25, 0.3) is 0 Å². The van der Waals surface area contributed by atoms with E-state index in [4.69, 9.17) is 5.73 Å². The summed E-state index contributed by atoms with van der Waals surface area (Å²) in [7, 11) is 0. The summed E-state index contributed by atoms with van der Waals surface area (Å²) < 4.78 is 2.58. The highest BCUT2D eigenvalue weighted by atomic mass is 15.0. The summed E-state index contributed by atoms with van der Waals surface area (Å²) in [5, 5.41) is 0. The molecule has 0 fully saturated rings. The summed E-state index contributed by atoms with van der Waals surface area (Å²) in [6.07, 6.45) is 7.57. The third kappa shape index (κ3) is 3.71. The lowest BCUT2D eigenvalue weighted by Gasteiger charge is -2.35. The molecule has 0 aliphatic heterocycles. The second-order valence-corrected chi connectivity index (χ2v) is 7.87. The van der Waals surface area contributed by atoms with Crippen LogP contribution in [0.3, 0.4) is 0 Å². The molecule has 120 valence electrons. The molecule has 2 unspecified atom stereocenters. The van der Waals surface area contributed by atoms with Crippen LogP contribution in [-0.2, 0) is 13.0 Å². The van der Waals surface area contributed by atoms with Crippen LogP contribution in [-0.4, -0.2) is 4.57 Å². The predicted molar refractivity (Wildman–Crippen MR) is 91.5 cm³/mol. The van der Waals surface area contributed by atoms with Crippen LogP contribution < -0.4 is 5.73 Å². The molecule has 1 aliphatic rings. The molecule has 2 atom stereocenters. The van der Waals surface area contributed by atoms with Crippen LogP contribution in [0, 0.1) is 18.3 Å². The van der Waals surface area contributed by atoms with Crippen molar-refractivity contribution in [2.75, 3.05) is 0 Å². The predicted octanol–water partition coefficient (Wildman–Crippen LogP) is 4.99. The number of fused-ring (bicyclic) bond motifs is 1. The van der Waals surface area contributed by atoms with Crippen molar-refractivity contribution in [2.24, 2.45) is 17.1 Å². The van der Waals surface area contributed by atoms with Crippen LogP contribution >= 0.6 is 0 Å². The lowest BCUT2D eigenvalue weighted by atomic mass is 9.74. The minimum atomic E-state index is 0.222. The Morgan fingerprint density at radius 2 is 2.10 bits per heavy atom. The van der Waals surface area contributed by atoms with Gasteiger partial charge in [-0.1, -0.05) is 47.0 Å². The molecular weight excluding hydrogens is 256 g/mol. The van der Waals surface area contributed by atoms with E-state index >= 15 is 0 Å². The molecule has 1 aliphatic carbocycles. The van der Waals surface area contributed by atoms with Crippen molar-refractivity contribution >= 4 is 0 Å². The van der Waals surface area contributed by atoms with Crippen LogP contribution in [0.1, 0.15) is 82.8 Å². The zero-order valence-electron chi connectivity index (χ0n) is 14.7. The third-order valence-electron chi connectivity index (χ3n) is 5.25. The van der Waals surface area contributed by atoms with Crippen LogP contribution in [0.5, 0.6) is 0 Å². The van der Waals surface area contributed by atoms with Gasteiger partial charge in [0, 0.05) is 24.0 Å². The zero-order valence-corrected chi connectivity index (χ0v) is 14.7. The van der Waals surface area contributed by atoms with Crippen molar-refractivity contribution in [1.29, 1.82) is 0 Å². The van der Waals surface area contributed by atoms with E-state index < -0.39 is 0 Å². The first-order valence-corrected chi connectivity index (χ1v) is 8.82. The molecule has 2 N–H and O–H groups in total. The molecule has 0 radical (unpaired) electrons. The van der Waals surface area contributed by atoms with Crippen molar-refractivity contribution in [3.8, 4) is 0 Å². The van der Waals surface area contributed by atoms with Crippen molar-refractivity contribution in [2.45, 2.75) is 85.7 Å².